The van der Waals surface area contributed by atoms with Crippen molar-refractivity contribution >= 4 is 24.0 Å². The molecule has 2 saturated heterocycles. The first-order valence-corrected chi connectivity index (χ1v) is 12.3. The van der Waals surface area contributed by atoms with Gasteiger partial charge in [0.05, 0.1) is 30.8 Å². The topological polar surface area (TPSA) is 122 Å². The lowest BCUT2D eigenvalue weighted by Crippen LogP contribution is -2.35. The largest absolute Gasteiger partial charge is 0.443 e. The second kappa shape index (κ2) is 12.4. The van der Waals surface area contributed by atoms with E-state index in [0.29, 0.717) is 18.8 Å². The maximum Gasteiger partial charge on any atom is 0.437 e. The Bertz CT molecular complexity index is 1050. The van der Waals surface area contributed by atoms with Crippen LogP contribution in [0, 0.1) is 5.82 Å². The summed E-state index contributed by atoms with van der Waals surface area (Å²) in [6.45, 7) is 5.91. The minimum atomic E-state index is -0.953. The van der Waals surface area contributed by atoms with Crippen molar-refractivity contribution in [3.05, 3.63) is 53.2 Å². The summed E-state index contributed by atoms with van der Waals surface area (Å²) in [5, 5.41) is 0. The Morgan fingerprint density at radius 1 is 1.03 bits per heavy atom. The minimum absolute atomic E-state index is 0.252. The predicted molar refractivity (Wildman–Crippen MR) is 137 cm³/mol. The van der Waals surface area contributed by atoms with Gasteiger partial charge in [0.2, 0.25) is 0 Å². The number of benzene rings is 1. The molecule has 3 heterocycles. The first kappa shape index (κ1) is 25.5. The first-order valence-electron chi connectivity index (χ1n) is 12.3. The number of halogens is 1. The standard InChI is InChI=1S/C25H34FN7O3/c26-23-19(18-36-25(34)30-24(27)28)5-3-7-21(23)32-10-4-9-31(11-12-32)20-6-1-2-8-22(29-17-20)33-13-15-35-16-14-33/h3,5-8,17H,1-2,4,9-16,18H2,(H4,27,28,30,34)/b20-6?,22-8-,29-17?. The van der Waals surface area contributed by atoms with Crippen molar-refractivity contribution < 1.29 is 18.7 Å². The van der Waals surface area contributed by atoms with Gasteiger partial charge in [-0.25, -0.2) is 14.2 Å². The van der Waals surface area contributed by atoms with Crippen molar-refractivity contribution in [3.8, 4) is 0 Å². The molecule has 0 bridgehead atoms. The highest BCUT2D eigenvalue weighted by Crippen LogP contribution is 2.25. The van der Waals surface area contributed by atoms with Crippen LogP contribution in [0.1, 0.15) is 24.8 Å². The van der Waals surface area contributed by atoms with Gasteiger partial charge in [-0.2, -0.15) is 0 Å². The number of rotatable bonds is 5. The van der Waals surface area contributed by atoms with E-state index in [1.807, 2.05) is 11.1 Å². The van der Waals surface area contributed by atoms with E-state index in [2.05, 4.69) is 26.9 Å². The van der Waals surface area contributed by atoms with Crippen molar-refractivity contribution in [2.45, 2.75) is 25.9 Å². The number of hydrogen-bond donors (Lipinski definition) is 2. The van der Waals surface area contributed by atoms with E-state index in [9.17, 15) is 4.79 Å². The molecule has 194 valence electrons. The average Bonchev–Trinajstić information content (AvgIpc) is 3.10. The second-order valence-electron chi connectivity index (χ2n) is 8.80. The summed E-state index contributed by atoms with van der Waals surface area (Å²) >= 11 is 0. The molecule has 0 radical (unpaired) electrons. The van der Waals surface area contributed by atoms with Gasteiger partial charge in [-0.15, -0.1) is 4.99 Å². The van der Waals surface area contributed by atoms with Crippen LogP contribution in [-0.2, 0) is 16.1 Å². The summed E-state index contributed by atoms with van der Waals surface area (Å²) in [6.07, 6.45) is 8.21. The van der Waals surface area contributed by atoms with Gasteiger partial charge in [0.15, 0.2) is 11.8 Å². The van der Waals surface area contributed by atoms with Crippen LogP contribution in [0.25, 0.3) is 0 Å². The minimum Gasteiger partial charge on any atom is -0.443 e. The highest BCUT2D eigenvalue weighted by molar-refractivity contribution is 5.87. The second-order valence-corrected chi connectivity index (χ2v) is 8.80. The molecule has 11 heteroatoms. The van der Waals surface area contributed by atoms with Crippen molar-refractivity contribution in [1.29, 1.82) is 0 Å². The fourth-order valence-corrected chi connectivity index (χ4v) is 4.51. The molecule has 1 amide bonds. The zero-order chi connectivity index (χ0) is 25.3. The monoisotopic (exact) mass is 499 g/mol. The Morgan fingerprint density at radius 3 is 2.58 bits per heavy atom. The lowest BCUT2D eigenvalue weighted by atomic mass is 10.1. The number of anilines is 1. The van der Waals surface area contributed by atoms with Crippen LogP contribution in [0.2, 0.25) is 0 Å². The van der Waals surface area contributed by atoms with Crippen LogP contribution < -0.4 is 16.4 Å². The maximum absolute atomic E-state index is 15.3. The van der Waals surface area contributed by atoms with E-state index >= 15 is 4.39 Å². The fraction of sp³-hybridized carbons (Fsp3) is 0.480. The van der Waals surface area contributed by atoms with E-state index < -0.39 is 17.9 Å². The third kappa shape index (κ3) is 6.75. The van der Waals surface area contributed by atoms with Crippen LogP contribution in [-0.4, -0.2) is 80.5 Å². The third-order valence-electron chi connectivity index (χ3n) is 6.34. The number of nitrogens with two attached hydrogens (primary N) is 2. The number of hydrogen-bond acceptors (Lipinski definition) is 7. The van der Waals surface area contributed by atoms with Gasteiger partial charge in [0.25, 0.3) is 0 Å². The molecular formula is C25H34FN7O3. The Kier molecular flexibility index (Phi) is 8.77. The summed E-state index contributed by atoms with van der Waals surface area (Å²) in [7, 11) is 0. The predicted octanol–water partition coefficient (Wildman–Crippen LogP) is 2.17. The molecule has 2 fully saturated rings. The molecule has 4 N–H and O–H groups in total. The molecular weight excluding hydrogens is 465 g/mol. The summed E-state index contributed by atoms with van der Waals surface area (Å²) < 4.78 is 25.7. The SMILES string of the molecule is NC(N)=NC(=O)OCc1cccc(N2CCCN(C3=CCC/C=C(\N4CCOCC4)N=C3)CC2)c1F. The molecule has 1 aromatic carbocycles. The number of carbonyl (C=O) groups excluding carboxylic acids is 1. The molecule has 0 spiro atoms. The van der Waals surface area contributed by atoms with Gasteiger partial charge in [-0.1, -0.05) is 18.2 Å². The van der Waals surface area contributed by atoms with Gasteiger partial charge in [0.1, 0.15) is 12.4 Å². The van der Waals surface area contributed by atoms with Crippen LogP contribution in [0.15, 0.2) is 51.9 Å². The molecule has 36 heavy (non-hydrogen) atoms. The van der Waals surface area contributed by atoms with Crippen LogP contribution >= 0.6 is 0 Å². The number of morpholine rings is 1. The Labute approximate surface area is 210 Å². The molecule has 0 atom stereocenters. The number of ether oxygens (including phenoxy) is 2. The molecule has 3 aliphatic heterocycles. The number of guanidine groups is 1. The summed E-state index contributed by atoms with van der Waals surface area (Å²) in [5.74, 6) is 0.205. The Balaban J connectivity index is 1.39. The molecule has 0 aliphatic carbocycles. The molecule has 1 aromatic rings. The number of carbonyl (C=O) groups is 1. The zero-order valence-electron chi connectivity index (χ0n) is 20.4. The van der Waals surface area contributed by atoms with Crippen molar-refractivity contribution in [3.63, 3.8) is 0 Å². The number of nitrogens with zero attached hydrogens (tertiary/aromatic N) is 5. The van der Waals surface area contributed by atoms with Gasteiger partial charge >= 0.3 is 6.09 Å². The van der Waals surface area contributed by atoms with Crippen LogP contribution in [0.5, 0.6) is 0 Å². The van der Waals surface area contributed by atoms with E-state index in [0.717, 1.165) is 70.2 Å². The highest BCUT2D eigenvalue weighted by Gasteiger charge is 2.21. The number of amides is 1. The molecule has 0 unspecified atom stereocenters. The Morgan fingerprint density at radius 2 is 1.78 bits per heavy atom. The van der Waals surface area contributed by atoms with Gasteiger partial charge < -0.3 is 35.6 Å². The van der Waals surface area contributed by atoms with E-state index in [1.54, 1.807) is 18.2 Å². The highest BCUT2D eigenvalue weighted by atomic mass is 19.1. The average molecular weight is 500 g/mol. The molecule has 3 aliphatic rings. The van der Waals surface area contributed by atoms with Gasteiger partial charge in [0, 0.05) is 44.8 Å². The fourth-order valence-electron chi connectivity index (χ4n) is 4.51. The van der Waals surface area contributed by atoms with Crippen LogP contribution in [0.4, 0.5) is 14.9 Å². The molecule has 4 rings (SSSR count). The summed E-state index contributed by atoms with van der Waals surface area (Å²) in [5.41, 5.74) is 12.2. The van der Waals surface area contributed by atoms with Crippen molar-refractivity contribution in [1.82, 2.24) is 9.80 Å². The Hall–Kier alpha value is -3.60. The van der Waals surface area contributed by atoms with Crippen molar-refractivity contribution in [2.75, 3.05) is 57.4 Å². The maximum atomic E-state index is 15.3. The quantitative estimate of drug-likeness (QED) is 0.467. The third-order valence-corrected chi connectivity index (χ3v) is 6.34. The lowest BCUT2D eigenvalue weighted by Gasteiger charge is -2.30. The van der Waals surface area contributed by atoms with Crippen molar-refractivity contribution in [2.24, 2.45) is 21.5 Å². The normalized spacial score (nSPS) is 20.4. The van der Waals surface area contributed by atoms with Gasteiger partial charge in [-0.3, -0.25) is 0 Å². The first-order chi connectivity index (χ1) is 17.5. The smallest absolute Gasteiger partial charge is 0.437 e. The summed E-state index contributed by atoms with van der Waals surface area (Å²) in [4.78, 5) is 26.3. The van der Waals surface area contributed by atoms with Gasteiger partial charge in [-0.05, 0) is 31.4 Å². The number of allylic oxidation sites excluding steroid dienone is 3. The lowest BCUT2D eigenvalue weighted by molar-refractivity contribution is 0.0530. The van der Waals surface area contributed by atoms with E-state index in [1.165, 1.54) is 0 Å². The van der Waals surface area contributed by atoms with Crippen LogP contribution in [0.3, 0.4) is 0 Å². The summed E-state index contributed by atoms with van der Waals surface area (Å²) in [6, 6.07) is 5.09. The molecule has 0 saturated carbocycles. The zero-order valence-corrected chi connectivity index (χ0v) is 20.4. The number of aliphatic imine (C=N–C) groups is 2. The van der Waals surface area contributed by atoms with E-state index in [-0.39, 0.29) is 12.2 Å². The van der Waals surface area contributed by atoms with E-state index in [4.69, 9.17) is 25.9 Å². The molecule has 0 aromatic heterocycles. The molecule has 10 nitrogen and oxygen atoms in total.